The van der Waals surface area contributed by atoms with Crippen LogP contribution in [0.5, 0.6) is 0 Å². The van der Waals surface area contributed by atoms with Gasteiger partial charge in [0.15, 0.2) is 5.43 Å². The Morgan fingerprint density at radius 2 is 1.58 bits per heavy atom. The minimum Gasteiger partial charge on any atom is -0.456 e. The third-order valence-corrected chi connectivity index (χ3v) is 4.97. The Labute approximate surface area is 141 Å². The van der Waals surface area contributed by atoms with Crippen molar-refractivity contribution in [3.8, 4) is 11.3 Å². The van der Waals surface area contributed by atoms with E-state index < -0.39 is 0 Å². The van der Waals surface area contributed by atoms with E-state index in [2.05, 4.69) is 17.0 Å². The molecule has 3 heteroatoms. The molecule has 0 bridgehead atoms. The molecule has 1 saturated heterocycles. The summed E-state index contributed by atoms with van der Waals surface area (Å²) in [6.45, 7) is 6.30. The maximum absolute atomic E-state index is 12.4. The van der Waals surface area contributed by atoms with Crippen molar-refractivity contribution in [2.24, 2.45) is 0 Å². The predicted octanol–water partition coefficient (Wildman–Crippen LogP) is 4.68. The average molecular weight is 319 g/mol. The van der Waals surface area contributed by atoms with Gasteiger partial charge in [0, 0.05) is 30.4 Å². The Morgan fingerprint density at radius 1 is 0.917 bits per heavy atom. The standard InChI is InChI=1S/C21H21NO2/c1-14-11-18-19(23)13-20(24-21(18)12-15(14)2)16-5-7-17(8-6-16)22-9-3-4-10-22/h5-8,11-13H,3-4,9-10H2,1-2H3. The molecular weight excluding hydrogens is 298 g/mol. The summed E-state index contributed by atoms with van der Waals surface area (Å²) in [6, 6.07) is 13.8. The van der Waals surface area contributed by atoms with E-state index in [-0.39, 0.29) is 5.43 Å². The van der Waals surface area contributed by atoms with E-state index in [4.69, 9.17) is 4.42 Å². The van der Waals surface area contributed by atoms with Crippen molar-refractivity contribution in [1.29, 1.82) is 0 Å². The van der Waals surface area contributed by atoms with Crippen LogP contribution in [0.25, 0.3) is 22.3 Å². The van der Waals surface area contributed by atoms with Gasteiger partial charge >= 0.3 is 0 Å². The fraction of sp³-hybridized carbons (Fsp3) is 0.286. The molecule has 1 aliphatic heterocycles. The highest BCUT2D eigenvalue weighted by Gasteiger charge is 2.13. The average Bonchev–Trinajstić information content (AvgIpc) is 3.11. The molecule has 1 aromatic heterocycles. The molecule has 24 heavy (non-hydrogen) atoms. The SMILES string of the molecule is Cc1cc2oc(-c3ccc(N4CCCC4)cc3)cc(=O)c2cc1C. The van der Waals surface area contributed by atoms with Crippen LogP contribution in [0.1, 0.15) is 24.0 Å². The summed E-state index contributed by atoms with van der Waals surface area (Å²) in [5.41, 5.74) is 5.09. The summed E-state index contributed by atoms with van der Waals surface area (Å²) < 4.78 is 6.02. The second-order valence-electron chi connectivity index (χ2n) is 6.65. The lowest BCUT2D eigenvalue weighted by molar-refractivity contribution is 0.618. The second kappa shape index (κ2) is 5.82. The molecule has 0 aliphatic carbocycles. The summed E-state index contributed by atoms with van der Waals surface area (Å²) in [5.74, 6) is 0.628. The molecule has 122 valence electrons. The maximum Gasteiger partial charge on any atom is 0.193 e. The monoisotopic (exact) mass is 319 g/mol. The number of anilines is 1. The normalized spacial score (nSPS) is 14.5. The lowest BCUT2D eigenvalue weighted by Gasteiger charge is -2.17. The Bertz CT molecular complexity index is 948. The van der Waals surface area contributed by atoms with Crippen LogP contribution in [0.15, 0.2) is 51.7 Å². The highest BCUT2D eigenvalue weighted by Crippen LogP contribution is 2.27. The number of rotatable bonds is 2. The number of benzene rings is 2. The van der Waals surface area contributed by atoms with E-state index in [0.717, 1.165) is 29.8 Å². The first kappa shape index (κ1) is 15.0. The van der Waals surface area contributed by atoms with Crippen LogP contribution in [0, 0.1) is 13.8 Å². The van der Waals surface area contributed by atoms with Gasteiger partial charge < -0.3 is 9.32 Å². The molecule has 0 atom stereocenters. The molecule has 0 unspecified atom stereocenters. The van der Waals surface area contributed by atoms with Gasteiger partial charge in [0.1, 0.15) is 11.3 Å². The first-order chi connectivity index (χ1) is 11.6. The van der Waals surface area contributed by atoms with E-state index in [9.17, 15) is 4.79 Å². The quantitative estimate of drug-likeness (QED) is 0.688. The summed E-state index contributed by atoms with van der Waals surface area (Å²) in [5, 5.41) is 0.649. The molecule has 1 fully saturated rings. The summed E-state index contributed by atoms with van der Waals surface area (Å²) in [7, 11) is 0. The predicted molar refractivity (Wildman–Crippen MR) is 98.8 cm³/mol. The molecular formula is C21H21NO2. The Morgan fingerprint density at radius 3 is 2.29 bits per heavy atom. The Kier molecular flexibility index (Phi) is 3.64. The molecule has 4 rings (SSSR count). The topological polar surface area (TPSA) is 33.5 Å². The zero-order valence-corrected chi connectivity index (χ0v) is 14.1. The number of fused-ring (bicyclic) bond motifs is 1. The Balaban J connectivity index is 1.76. The molecule has 2 heterocycles. The summed E-state index contributed by atoms with van der Waals surface area (Å²) in [4.78, 5) is 14.8. The van der Waals surface area contributed by atoms with Gasteiger partial charge in [0.05, 0.1) is 5.39 Å². The van der Waals surface area contributed by atoms with Crippen molar-refractivity contribution < 1.29 is 4.42 Å². The minimum absolute atomic E-state index is 0.0120. The number of hydrogen-bond acceptors (Lipinski definition) is 3. The van der Waals surface area contributed by atoms with Crippen molar-refractivity contribution in [3.63, 3.8) is 0 Å². The van der Waals surface area contributed by atoms with Gasteiger partial charge in [-0.2, -0.15) is 0 Å². The van der Waals surface area contributed by atoms with Crippen molar-refractivity contribution in [2.75, 3.05) is 18.0 Å². The molecule has 1 aliphatic rings. The number of nitrogens with zero attached hydrogens (tertiary/aromatic N) is 1. The first-order valence-corrected chi connectivity index (χ1v) is 8.52. The van der Waals surface area contributed by atoms with Gasteiger partial charge in [0.25, 0.3) is 0 Å². The third kappa shape index (κ3) is 2.60. The lowest BCUT2D eigenvalue weighted by atomic mass is 10.1. The van der Waals surface area contributed by atoms with E-state index in [1.165, 1.54) is 18.5 Å². The van der Waals surface area contributed by atoms with Gasteiger partial charge in [-0.15, -0.1) is 0 Å². The zero-order valence-electron chi connectivity index (χ0n) is 14.1. The fourth-order valence-corrected chi connectivity index (χ4v) is 3.37. The molecule has 0 spiro atoms. The minimum atomic E-state index is 0.0120. The maximum atomic E-state index is 12.4. The molecule has 3 nitrogen and oxygen atoms in total. The molecule has 0 N–H and O–H groups in total. The van der Waals surface area contributed by atoms with Gasteiger partial charge in [-0.1, -0.05) is 0 Å². The number of aryl methyl sites for hydroxylation is 2. The van der Waals surface area contributed by atoms with Crippen LogP contribution in [-0.4, -0.2) is 13.1 Å². The van der Waals surface area contributed by atoms with Crippen LogP contribution in [0.4, 0.5) is 5.69 Å². The van der Waals surface area contributed by atoms with Crippen LogP contribution in [0.3, 0.4) is 0 Å². The van der Waals surface area contributed by atoms with Crippen LogP contribution in [0.2, 0.25) is 0 Å². The smallest absolute Gasteiger partial charge is 0.193 e. The number of hydrogen-bond donors (Lipinski definition) is 0. The van der Waals surface area contributed by atoms with Gasteiger partial charge in [-0.05, 0) is 74.2 Å². The zero-order chi connectivity index (χ0) is 16.7. The second-order valence-corrected chi connectivity index (χ2v) is 6.65. The van der Waals surface area contributed by atoms with Crippen molar-refractivity contribution in [3.05, 3.63) is 63.8 Å². The van der Waals surface area contributed by atoms with Gasteiger partial charge in [-0.25, -0.2) is 0 Å². The molecule has 0 amide bonds. The highest BCUT2D eigenvalue weighted by atomic mass is 16.3. The van der Waals surface area contributed by atoms with Crippen LogP contribution >= 0.6 is 0 Å². The highest BCUT2D eigenvalue weighted by molar-refractivity contribution is 5.80. The Hall–Kier alpha value is -2.55. The van der Waals surface area contributed by atoms with Crippen LogP contribution in [-0.2, 0) is 0 Å². The van der Waals surface area contributed by atoms with Gasteiger partial charge in [-0.3, -0.25) is 4.79 Å². The van der Waals surface area contributed by atoms with E-state index >= 15 is 0 Å². The summed E-state index contributed by atoms with van der Waals surface area (Å²) in [6.07, 6.45) is 2.53. The van der Waals surface area contributed by atoms with E-state index in [0.29, 0.717) is 16.7 Å². The van der Waals surface area contributed by atoms with Crippen molar-refractivity contribution in [1.82, 2.24) is 0 Å². The molecule has 0 radical (unpaired) electrons. The van der Waals surface area contributed by atoms with E-state index in [1.807, 2.05) is 38.1 Å². The largest absolute Gasteiger partial charge is 0.456 e. The molecule has 2 aromatic carbocycles. The van der Waals surface area contributed by atoms with E-state index in [1.54, 1.807) is 6.07 Å². The fourth-order valence-electron chi connectivity index (χ4n) is 3.37. The van der Waals surface area contributed by atoms with Crippen molar-refractivity contribution >= 4 is 16.7 Å². The lowest BCUT2D eigenvalue weighted by Crippen LogP contribution is -2.17. The van der Waals surface area contributed by atoms with Crippen molar-refractivity contribution in [2.45, 2.75) is 26.7 Å². The third-order valence-electron chi connectivity index (χ3n) is 4.97. The molecule has 0 saturated carbocycles. The van der Waals surface area contributed by atoms with Gasteiger partial charge in [0.2, 0.25) is 0 Å². The molecule has 3 aromatic rings. The van der Waals surface area contributed by atoms with Crippen LogP contribution < -0.4 is 10.3 Å². The summed E-state index contributed by atoms with van der Waals surface area (Å²) >= 11 is 0. The first-order valence-electron chi connectivity index (χ1n) is 8.52.